The quantitative estimate of drug-likeness (QED) is 0.734. The first kappa shape index (κ1) is 22.3. The fourth-order valence-electron chi connectivity index (χ4n) is 4.03. The number of ether oxygens (including phenoxy) is 2. The molecule has 1 amide bonds. The summed E-state index contributed by atoms with van der Waals surface area (Å²) >= 11 is 0. The zero-order valence-corrected chi connectivity index (χ0v) is 18.5. The third-order valence-electron chi connectivity index (χ3n) is 5.52. The van der Waals surface area contributed by atoms with Crippen LogP contribution in [0.2, 0.25) is 0 Å². The molecule has 1 aliphatic rings. The lowest BCUT2D eigenvalue weighted by Gasteiger charge is -2.40. The van der Waals surface area contributed by atoms with E-state index in [1.54, 1.807) is 14.2 Å². The number of likely N-dealkylation sites (tertiary alicyclic amines) is 1. The number of nitrogens with one attached hydrogen (secondary N) is 1. The topological polar surface area (TPSA) is 54.0 Å². The fraction of sp³-hybridized carbons (Fsp3) is 0.682. The average Bonchev–Trinajstić information content (AvgIpc) is 2.67. The van der Waals surface area contributed by atoms with Crippen molar-refractivity contribution >= 4 is 11.6 Å². The fourth-order valence-corrected chi connectivity index (χ4v) is 4.03. The van der Waals surface area contributed by atoms with Gasteiger partial charge in [-0.15, -0.1) is 0 Å². The molecule has 6 heteroatoms. The number of hydrogen-bond donors (Lipinski definition) is 1. The van der Waals surface area contributed by atoms with Gasteiger partial charge in [-0.3, -0.25) is 9.69 Å². The Morgan fingerprint density at radius 1 is 1.00 bits per heavy atom. The third kappa shape index (κ3) is 5.53. The molecule has 1 aliphatic heterocycles. The minimum absolute atomic E-state index is 0.0809. The Kier molecular flexibility index (Phi) is 7.98. The molecule has 0 bridgehead atoms. The number of methoxy groups -OCH3 is 2. The van der Waals surface area contributed by atoms with Crippen LogP contribution in [0, 0.1) is 0 Å². The van der Waals surface area contributed by atoms with Crippen molar-refractivity contribution in [2.75, 3.05) is 32.6 Å². The van der Waals surface area contributed by atoms with Crippen LogP contribution in [0.4, 0.5) is 5.69 Å². The van der Waals surface area contributed by atoms with Gasteiger partial charge in [-0.05, 0) is 47.5 Å². The molecule has 1 aromatic rings. The minimum atomic E-state index is -0.0809. The van der Waals surface area contributed by atoms with E-state index in [2.05, 4.69) is 37.9 Å². The van der Waals surface area contributed by atoms with Gasteiger partial charge in [0.05, 0.1) is 20.3 Å². The molecule has 0 aromatic heterocycles. The number of carbonyl (C=O) groups excluding carboxylic acids is 1. The van der Waals surface area contributed by atoms with E-state index < -0.39 is 0 Å². The molecule has 1 saturated heterocycles. The van der Waals surface area contributed by atoms with Gasteiger partial charge in [0.2, 0.25) is 5.91 Å². The van der Waals surface area contributed by atoms with Crippen molar-refractivity contribution in [3.8, 4) is 11.5 Å². The van der Waals surface area contributed by atoms with E-state index in [1.807, 2.05) is 30.0 Å². The van der Waals surface area contributed by atoms with Crippen molar-refractivity contribution in [2.24, 2.45) is 0 Å². The molecule has 28 heavy (non-hydrogen) atoms. The summed E-state index contributed by atoms with van der Waals surface area (Å²) in [6, 6.07) is 6.59. The SMILES string of the molecule is COc1cc(NC2CCN(C(C)C(=O)N(C(C)C)C(C)C)CC2)cc(OC)c1. The first-order chi connectivity index (χ1) is 13.3. The Morgan fingerprint density at radius 2 is 1.50 bits per heavy atom. The Labute approximate surface area is 170 Å². The summed E-state index contributed by atoms with van der Waals surface area (Å²) in [6.45, 7) is 12.2. The Hall–Kier alpha value is -1.95. The first-order valence-electron chi connectivity index (χ1n) is 10.3. The maximum absolute atomic E-state index is 13.0. The van der Waals surface area contributed by atoms with Crippen LogP contribution in [0.25, 0.3) is 0 Å². The number of piperidine rings is 1. The largest absolute Gasteiger partial charge is 0.497 e. The van der Waals surface area contributed by atoms with Crippen molar-refractivity contribution in [3.63, 3.8) is 0 Å². The summed E-state index contributed by atoms with van der Waals surface area (Å²) in [5.74, 6) is 1.79. The normalized spacial score (nSPS) is 16.9. The summed E-state index contributed by atoms with van der Waals surface area (Å²) in [7, 11) is 3.32. The molecular weight excluding hydrogens is 354 g/mol. The van der Waals surface area contributed by atoms with Crippen molar-refractivity contribution < 1.29 is 14.3 Å². The second-order valence-corrected chi connectivity index (χ2v) is 8.16. The predicted octanol–water partition coefficient (Wildman–Crippen LogP) is 3.61. The smallest absolute Gasteiger partial charge is 0.240 e. The number of hydrogen-bond acceptors (Lipinski definition) is 5. The monoisotopic (exact) mass is 391 g/mol. The molecule has 6 nitrogen and oxygen atoms in total. The number of amides is 1. The molecule has 0 aliphatic carbocycles. The Bertz CT molecular complexity index is 610. The van der Waals surface area contributed by atoms with Gasteiger partial charge in [-0.1, -0.05) is 0 Å². The van der Waals surface area contributed by atoms with Gasteiger partial charge in [0, 0.05) is 55.1 Å². The lowest BCUT2D eigenvalue weighted by Crippen LogP contribution is -2.54. The maximum atomic E-state index is 13.0. The molecular formula is C22H37N3O3. The molecule has 1 N–H and O–H groups in total. The van der Waals surface area contributed by atoms with Crippen LogP contribution in [-0.4, -0.2) is 67.2 Å². The van der Waals surface area contributed by atoms with Gasteiger partial charge in [0.15, 0.2) is 0 Å². The number of benzene rings is 1. The van der Waals surface area contributed by atoms with E-state index in [0.717, 1.165) is 43.1 Å². The number of nitrogens with zero attached hydrogens (tertiary/aromatic N) is 2. The molecule has 1 heterocycles. The number of carbonyl (C=O) groups is 1. The van der Waals surface area contributed by atoms with E-state index in [9.17, 15) is 4.79 Å². The van der Waals surface area contributed by atoms with Crippen molar-refractivity contribution in [2.45, 2.75) is 71.6 Å². The van der Waals surface area contributed by atoms with Crippen LogP contribution >= 0.6 is 0 Å². The summed E-state index contributed by atoms with van der Waals surface area (Å²) in [4.78, 5) is 17.3. The van der Waals surface area contributed by atoms with E-state index >= 15 is 0 Å². The second kappa shape index (κ2) is 10.0. The highest BCUT2D eigenvalue weighted by atomic mass is 16.5. The first-order valence-corrected chi connectivity index (χ1v) is 10.3. The van der Waals surface area contributed by atoms with Gasteiger partial charge >= 0.3 is 0 Å². The highest BCUT2D eigenvalue weighted by molar-refractivity contribution is 5.82. The van der Waals surface area contributed by atoms with Crippen LogP contribution in [0.15, 0.2) is 18.2 Å². The summed E-state index contributed by atoms with van der Waals surface area (Å²) in [5.41, 5.74) is 1.00. The van der Waals surface area contributed by atoms with Crippen molar-refractivity contribution in [1.82, 2.24) is 9.80 Å². The van der Waals surface area contributed by atoms with Crippen LogP contribution in [0.5, 0.6) is 11.5 Å². The Balaban J connectivity index is 1.94. The second-order valence-electron chi connectivity index (χ2n) is 8.16. The zero-order chi connectivity index (χ0) is 20.8. The zero-order valence-electron chi connectivity index (χ0n) is 18.5. The maximum Gasteiger partial charge on any atom is 0.240 e. The Morgan fingerprint density at radius 3 is 1.93 bits per heavy atom. The van der Waals surface area contributed by atoms with Gasteiger partial charge in [-0.2, -0.15) is 0 Å². The van der Waals surface area contributed by atoms with Crippen LogP contribution < -0.4 is 14.8 Å². The molecule has 1 aromatic carbocycles. The molecule has 1 atom stereocenters. The molecule has 158 valence electrons. The molecule has 1 fully saturated rings. The van der Waals surface area contributed by atoms with Crippen LogP contribution in [-0.2, 0) is 4.79 Å². The van der Waals surface area contributed by atoms with E-state index in [0.29, 0.717) is 6.04 Å². The van der Waals surface area contributed by atoms with Crippen molar-refractivity contribution in [3.05, 3.63) is 18.2 Å². The summed E-state index contributed by atoms with van der Waals surface area (Å²) in [5, 5.41) is 3.60. The summed E-state index contributed by atoms with van der Waals surface area (Å²) in [6.07, 6.45) is 2.00. The molecule has 0 spiro atoms. The average molecular weight is 392 g/mol. The lowest BCUT2D eigenvalue weighted by molar-refractivity contribution is -0.140. The van der Waals surface area contributed by atoms with Crippen molar-refractivity contribution in [1.29, 1.82) is 0 Å². The minimum Gasteiger partial charge on any atom is -0.497 e. The summed E-state index contributed by atoms with van der Waals surface area (Å²) < 4.78 is 10.7. The standard InChI is InChI=1S/C22H37N3O3/c1-15(2)25(16(3)4)22(26)17(5)24-10-8-18(9-11-24)23-19-12-20(27-6)14-21(13-19)28-7/h12-18,23H,8-11H2,1-7H3. The molecule has 0 saturated carbocycles. The van der Waals surface area contributed by atoms with E-state index in [1.165, 1.54) is 0 Å². The highest BCUT2D eigenvalue weighted by Crippen LogP contribution is 2.28. The van der Waals surface area contributed by atoms with Gasteiger partial charge in [0.1, 0.15) is 11.5 Å². The van der Waals surface area contributed by atoms with Gasteiger partial charge < -0.3 is 19.7 Å². The van der Waals surface area contributed by atoms with E-state index in [4.69, 9.17) is 9.47 Å². The highest BCUT2D eigenvalue weighted by Gasteiger charge is 2.31. The van der Waals surface area contributed by atoms with E-state index in [-0.39, 0.29) is 24.0 Å². The van der Waals surface area contributed by atoms with Crippen LogP contribution in [0.1, 0.15) is 47.5 Å². The predicted molar refractivity (Wildman–Crippen MR) is 114 cm³/mol. The lowest BCUT2D eigenvalue weighted by atomic mass is 10.0. The van der Waals surface area contributed by atoms with Crippen LogP contribution in [0.3, 0.4) is 0 Å². The molecule has 2 rings (SSSR count). The number of rotatable bonds is 8. The molecule has 0 radical (unpaired) electrons. The third-order valence-corrected chi connectivity index (χ3v) is 5.52. The van der Waals surface area contributed by atoms with Gasteiger partial charge in [0.25, 0.3) is 0 Å². The van der Waals surface area contributed by atoms with Gasteiger partial charge in [-0.25, -0.2) is 0 Å². The number of anilines is 1. The molecule has 1 unspecified atom stereocenters.